The molecule has 1 aliphatic heterocycles. The van der Waals surface area contributed by atoms with Gasteiger partial charge >= 0.3 is 0 Å². The van der Waals surface area contributed by atoms with Crippen LogP contribution in [0.15, 0.2) is 48.8 Å². The number of anilines is 1. The van der Waals surface area contributed by atoms with E-state index in [0.717, 1.165) is 21.5 Å². The van der Waals surface area contributed by atoms with Gasteiger partial charge in [0.2, 0.25) is 5.95 Å². The highest BCUT2D eigenvalue weighted by molar-refractivity contribution is 7.20. The lowest BCUT2D eigenvalue weighted by molar-refractivity contribution is 0.0751. The van der Waals surface area contributed by atoms with E-state index in [1.54, 1.807) is 30.6 Å². The number of aromatic nitrogens is 4. The van der Waals surface area contributed by atoms with Crippen LogP contribution in [0.25, 0.3) is 10.2 Å². The van der Waals surface area contributed by atoms with Gasteiger partial charge in [-0.05, 0) is 36.8 Å². The average Bonchev–Trinajstić information content (AvgIpc) is 3.37. The van der Waals surface area contributed by atoms with Crippen LogP contribution in [0.4, 0.5) is 10.3 Å². The molecule has 1 aliphatic rings. The lowest BCUT2D eigenvalue weighted by atomic mass is 10.2. The molecule has 0 saturated carbocycles. The highest BCUT2D eigenvalue weighted by Crippen LogP contribution is 2.30. The molecule has 9 heteroatoms. The van der Waals surface area contributed by atoms with E-state index in [9.17, 15) is 9.18 Å². The van der Waals surface area contributed by atoms with Crippen LogP contribution in [0.1, 0.15) is 20.9 Å². The molecular weight excluding hydrogens is 415 g/mol. The fourth-order valence-corrected chi connectivity index (χ4v) is 4.94. The minimum atomic E-state index is -0.256. The fourth-order valence-electron chi connectivity index (χ4n) is 3.81. The van der Waals surface area contributed by atoms with E-state index in [-0.39, 0.29) is 11.7 Å². The summed E-state index contributed by atoms with van der Waals surface area (Å²) in [6.07, 6.45) is 3.46. The van der Waals surface area contributed by atoms with Gasteiger partial charge in [0.25, 0.3) is 5.91 Å². The molecule has 31 heavy (non-hydrogen) atoms. The average molecular weight is 437 g/mol. The van der Waals surface area contributed by atoms with Crippen molar-refractivity contribution in [3.8, 4) is 0 Å². The Hall–Kier alpha value is -3.33. The maximum absolute atomic E-state index is 13.2. The van der Waals surface area contributed by atoms with E-state index in [4.69, 9.17) is 0 Å². The summed E-state index contributed by atoms with van der Waals surface area (Å²) in [5.41, 5.74) is 1.85. The van der Waals surface area contributed by atoms with E-state index in [2.05, 4.69) is 20.0 Å². The van der Waals surface area contributed by atoms with Crippen molar-refractivity contribution < 1.29 is 9.18 Å². The lowest BCUT2D eigenvalue weighted by Crippen LogP contribution is -2.49. The summed E-state index contributed by atoms with van der Waals surface area (Å²) in [5, 5.41) is 5.60. The number of rotatable bonds is 4. The van der Waals surface area contributed by atoms with Crippen LogP contribution in [0.5, 0.6) is 0 Å². The predicted molar refractivity (Wildman–Crippen MR) is 118 cm³/mol. The summed E-state index contributed by atoms with van der Waals surface area (Å²) in [6.45, 7) is 5.16. The minimum absolute atomic E-state index is 0.0440. The maximum atomic E-state index is 13.2. The molecule has 4 heterocycles. The SMILES string of the molecule is Cc1nn(Cc2ccc(F)cc2)c2sc(C(=O)N3CCN(c4ncccn4)CC3)cc12. The number of carbonyl (C=O) groups excluding carboxylic acids is 1. The first-order valence-corrected chi connectivity index (χ1v) is 10.9. The highest BCUT2D eigenvalue weighted by Gasteiger charge is 2.25. The van der Waals surface area contributed by atoms with Gasteiger partial charge in [-0.25, -0.2) is 14.4 Å². The minimum Gasteiger partial charge on any atom is -0.337 e. The molecule has 7 nitrogen and oxygen atoms in total. The summed E-state index contributed by atoms with van der Waals surface area (Å²) in [5.74, 6) is 0.490. The summed E-state index contributed by atoms with van der Waals surface area (Å²) in [7, 11) is 0. The molecule has 0 N–H and O–H groups in total. The second kappa shape index (κ2) is 8.07. The van der Waals surface area contributed by atoms with Crippen LogP contribution in [-0.4, -0.2) is 56.7 Å². The Morgan fingerprint density at radius 2 is 1.81 bits per heavy atom. The van der Waals surface area contributed by atoms with Gasteiger partial charge in [0, 0.05) is 44.0 Å². The van der Waals surface area contributed by atoms with Gasteiger partial charge in [-0.15, -0.1) is 11.3 Å². The lowest BCUT2D eigenvalue weighted by Gasteiger charge is -2.34. The number of piperazine rings is 1. The zero-order valence-electron chi connectivity index (χ0n) is 17.0. The Kier molecular flexibility index (Phi) is 5.11. The van der Waals surface area contributed by atoms with Crippen LogP contribution >= 0.6 is 11.3 Å². The number of aryl methyl sites for hydroxylation is 1. The molecule has 1 amide bonds. The molecule has 1 aromatic carbocycles. The normalized spacial score (nSPS) is 14.4. The number of halogens is 1. The first-order chi connectivity index (χ1) is 15.1. The van der Waals surface area contributed by atoms with Gasteiger partial charge < -0.3 is 9.80 Å². The third-order valence-electron chi connectivity index (χ3n) is 5.47. The van der Waals surface area contributed by atoms with Crippen LogP contribution in [0, 0.1) is 12.7 Å². The molecule has 0 atom stereocenters. The number of nitrogens with zero attached hydrogens (tertiary/aromatic N) is 6. The maximum Gasteiger partial charge on any atom is 0.264 e. The second-order valence-electron chi connectivity index (χ2n) is 7.53. The smallest absolute Gasteiger partial charge is 0.264 e. The van der Waals surface area contributed by atoms with Gasteiger partial charge in [0.05, 0.1) is 17.1 Å². The van der Waals surface area contributed by atoms with Gasteiger partial charge in [0.1, 0.15) is 10.6 Å². The molecule has 0 radical (unpaired) electrons. The summed E-state index contributed by atoms with van der Waals surface area (Å²) in [4.78, 5) is 27.4. The molecule has 3 aromatic heterocycles. The number of hydrogen-bond acceptors (Lipinski definition) is 6. The van der Waals surface area contributed by atoms with Crippen molar-refractivity contribution in [1.82, 2.24) is 24.6 Å². The van der Waals surface area contributed by atoms with Gasteiger partial charge in [-0.2, -0.15) is 5.10 Å². The number of thiophene rings is 1. The predicted octanol–water partition coefficient (Wildman–Crippen LogP) is 3.35. The van der Waals surface area contributed by atoms with Gasteiger partial charge in [0.15, 0.2) is 0 Å². The van der Waals surface area contributed by atoms with Gasteiger partial charge in [-0.3, -0.25) is 9.48 Å². The van der Waals surface area contributed by atoms with E-state index < -0.39 is 0 Å². The van der Waals surface area contributed by atoms with Crippen LogP contribution in [0.2, 0.25) is 0 Å². The molecular formula is C22H21FN6OS. The van der Waals surface area contributed by atoms with Crippen molar-refractivity contribution in [2.75, 3.05) is 31.1 Å². The first kappa shape index (κ1) is 19.6. The molecule has 158 valence electrons. The third kappa shape index (κ3) is 3.88. The number of benzene rings is 1. The Morgan fingerprint density at radius 3 is 2.52 bits per heavy atom. The van der Waals surface area contributed by atoms with Crippen molar-refractivity contribution in [3.05, 3.63) is 70.7 Å². The van der Waals surface area contributed by atoms with E-state index in [1.165, 1.54) is 23.5 Å². The van der Waals surface area contributed by atoms with Crippen LogP contribution < -0.4 is 4.90 Å². The highest BCUT2D eigenvalue weighted by atomic mass is 32.1. The summed E-state index contributed by atoms with van der Waals surface area (Å²) in [6, 6.07) is 10.2. The number of fused-ring (bicyclic) bond motifs is 1. The Balaban J connectivity index is 1.32. The van der Waals surface area contributed by atoms with Crippen molar-refractivity contribution in [3.63, 3.8) is 0 Å². The monoisotopic (exact) mass is 436 g/mol. The second-order valence-corrected chi connectivity index (χ2v) is 8.56. The summed E-state index contributed by atoms with van der Waals surface area (Å²) < 4.78 is 15.1. The van der Waals surface area contributed by atoms with E-state index >= 15 is 0 Å². The Morgan fingerprint density at radius 1 is 1.10 bits per heavy atom. The quantitative estimate of drug-likeness (QED) is 0.491. The molecule has 0 unspecified atom stereocenters. The number of amides is 1. The molecule has 0 bridgehead atoms. The zero-order chi connectivity index (χ0) is 21.4. The van der Waals surface area contributed by atoms with E-state index in [0.29, 0.717) is 43.5 Å². The van der Waals surface area contributed by atoms with Crippen LogP contribution in [0.3, 0.4) is 0 Å². The molecule has 0 aliphatic carbocycles. The van der Waals surface area contributed by atoms with E-state index in [1.807, 2.05) is 22.6 Å². The molecule has 0 spiro atoms. The fraction of sp³-hybridized carbons (Fsp3) is 0.273. The molecule has 4 aromatic rings. The van der Waals surface area contributed by atoms with Crippen molar-refractivity contribution >= 4 is 33.4 Å². The molecule has 5 rings (SSSR count). The topological polar surface area (TPSA) is 67.2 Å². The first-order valence-electron chi connectivity index (χ1n) is 10.1. The van der Waals surface area contributed by atoms with Crippen molar-refractivity contribution in [2.24, 2.45) is 0 Å². The number of carbonyl (C=O) groups is 1. The standard InChI is InChI=1S/C22H21FN6OS/c1-15-18-13-19(31-21(18)29(26-15)14-16-3-5-17(23)6-4-16)20(30)27-9-11-28(12-10-27)22-24-7-2-8-25-22/h2-8,13H,9-12,14H2,1H3. The van der Waals surface area contributed by atoms with Crippen molar-refractivity contribution in [2.45, 2.75) is 13.5 Å². The largest absolute Gasteiger partial charge is 0.337 e. The third-order valence-corrected chi connectivity index (χ3v) is 6.60. The molecule has 1 fully saturated rings. The molecule has 1 saturated heterocycles. The Bertz CT molecular complexity index is 1210. The van der Waals surface area contributed by atoms with Crippen LogP contribution in [-0.2, 0) is 6.54 Å². The Labute approximate surface area is 182 Å². The van der Waals surface area contributed by atoms with Gasteiger partial charge in [-0.1, -0.05) is 12.1 Å². The summed E-state index contributed by atoms with van der Waals surface area (Å²) >= 11 is 1.46. The zero-order valence-corrected chi connectivity index (χ0v) is 17.8. The van der Waals surface area contributed by atoms with Crippen molar-refractivity contribution in [1.29, 1.82) is 0 Å². The number of hydrogen-bond donors (Lipinski definition) is 0.